The van der Waals surface area contributed by atoms with Gasteiger partial charge in [0.2, 0.25) is 59.1 Å². The molecule has 26 nitrogen and oxygen atoms in total. The number of primary amides is 1. The van der Waals surface area contributed by atoms with Gasteiger partial charge in [0, 0.05) is 25.8 Å². The lowest BCUT2D eigenvalue weighted by Crippen LogP contribution is -2.61. The monoisotopic (exact) mass is 1090 g/mol. The lowest BCUT2D eigenvalue weighted by atomic mass is 10.0. The van der Waals surface area contributed by atoms with Gasteiger partial charge in [-0.3, -0.25) is 57.5 Å². The summed E-state index contributed by atoms with van der Waals surface area (Å²) < 4.78 is 0. The van der Waals surface area contributed by atoms with Gasteiger partial charge in [-0.2, -0.15) is 0 Å². The SMILES string of the molecule is CC(C)C[C@H](NC(=O)[C@@H]1CCCN1C(=O)[C@H](CCC(=O)O)NC(=O)[C@H](Cc1ccccc1)NC(=O)[C@H](CCC(N)=O)NC(=O)[C@@H](NC(=O)[C@H](C)NC(=O)[C@@H](N)Cc1ccccc1)[C@@H](C)O)C(=O)N[C@@H](C)C(=O)N[C@@H](C)C(=O)O. The van der Waals surface area contributed by atoms with Crippen LogP contribution >= 0.6 is 0 Å². The van der Waals surface area contributed by atoms with E-state index in [2.05, 4.69) is 42.5 Å². The molecule has 0 saturated carbocycles. The number of benzene rings is 2. The van der Waals surface area contributed by atoms with E-state index < -0.39 is 163 Å². The second-order valence-corrected chi connectivity index (χ2v) is 19.7. The van der Waals surface area contributed by atoms with Crippen LogP contribution in [0.2, 0.25) is 0 Å². The maximum absolute atomic E-state index is 14.4. The van der Waals surface area contributed by atoms with Gasteiger partial charge in [-0.25, -0.2) is 0 Å². The van der Waals surface area contributed by atoms with E-state index in [0.29, 0.717) is 5.56 Å². The molecule has 0 bridgehead atoms. The number of nitrogens with one attached hydrogen (secondary N) is 8. The lowest BCUT2D eigenvalue weighted by molar-refractivity contribution is -0.143. The van der Waals surface area contributed by atoms with Crippen LogP contribution < -0.4 is 54.0 Å². The lowest BCUT2D eigenvalue weighted by Gasteiger charge is -2.31. The van der Waals surface area contributed by atoms with Crippen LogP contribution in [0.5, 0.6) is 0 Å². The second kappa shape index (κ2) is 31.3. The van der Waals surface area contributed by atoms with E-state index >= 15 is 0 Å². The molecule has 2 aromatic carbocycles. The summed E-state index contributed by atoms with van der Waals surface area (Å²) >= 11 is 0. The number of aliphatic carboxylic acids is 2. The number of amides is 10. The zero-order chi connectivity index (χ0) is 58.4. The first-order valence-corrected chi connectivity index (χ1v) is 25.7. The summed E-state index contributed by atoms with van der Waals surface area (Å²) in [5, 5.41) is 49.2. The highest BCUT2D eigenvalue weighted by Gasteiger charge is 2.41. The Kier molecular flexibility index (Phi) is 25.8. The van der Waals surface area contributed by atoms with Crippen molar-refractivity contribution in [1.82, 2.24) is 47.4 Å². The van der Waals surface area contributed by atoms with E-state index in [-0.39, 0.29) is 44.6 Å². The summed E-state index contributed by atoms with van der Waals surface area (Å²) in [6.45, 7) is 8.58. The van der Waals surface area contributed by atoms with Crippen molar-refractivity contribution >= 4 is 71.0 Å². The predicted octanol–water partition coefficient (Wildman–Crippen LogP) is -2.63. The van der Waals surface area contributed by atoms with Crippen LogP contribution in [0.4, 0.5) is 0 Å². The number of nitrogens with zero attached hydrogens (tertiary/aromatic N) is 1. The van der Waals surface area contributed by atoms with E-state index in [1.54, 1.807) is 74.5 Å². The Morgan fingerprint density at radius 2 is 1.05 bits per heavy atom. The molecule has 3 rings (SSSR count). The number of likely N-dealkylation sites (tertiary alicyclic amines) is 1. The highest BCUT2D eigenvalue weighted by molar-refractivity contribution is 5.99. The molecule has 10 amide bonds. The topological polar surface area (TPSA) is 417 Å². The number of aliphatic hydroxyl groups excluding tert-OH is 1. The number of carboxylic acid groups (broad SMARTS) is 2. The Morgan fingerprint density at radius 1 is 0.564 bits per heavy atom. The summed E-state index contributed by atoms with van der Waals surface area (Å²) in [6, 6.07) is 3.31. The zero-order valence-electron chi connectivity index (χ0n) is 44.6. The van der Waals surface area contributed by atoms with Gasteiger partial charge in [-0.15, -0.1) is 0 Å². The Bertz CT molecular complexity index is 2450. The summed E-state index contributed by atoms with van der Waals surface area (Å²) in [6.07, 6.45) is -3.26. The predicted molar refractivity (Wildman–Crippen MR) is 280 cm³/mol. The van der Waals surface area contributed by atoms with Crippen LogP contribution in [0.1, 0.15) is 97.6 Å². The van der Waals surface area contributed by atoms with Gasteiger partial charge in [-0.05, 0) is 83.3 Å². The minimum absolute atomic E-state index is 0.0217. The van der Waals surface area contributed by atoms with E-state index in [9.17, 15) is 72.9 Å². The van der Waals surface area contributed by atoms with Gasteiger partial charge >= 0.3 is 11.9 Å². The van der Waals surface area contributed by atoms with Gasteiger partial charge in [0.05, 0.1) is 12.1 Å². The maximum Gasteiger partial charge on any atom is 0.325 e. The largest absolute Gasteiger partial charge is 0.481 e. The van der Waals surface area contributed by atoms with Crippen LogP contribution in [-0.4, -0.2) is 164 Å². The smallest absolute Gasteiger partial charge is 0.325 e. The highest BCUT2D eigenvalue weighted by atomic mass is 16.4. The molecule has 1 aliphatic heterocycles. The summed E-state index contributed by atoms with van der Waals surface area (Å²) in [5.74, 6) is -11.7. The molecule has 1 saturated heterocycles. The summed E-state index contributed by atoms with van der Waals surface area (Å²) in [7, 11) is 0. The van der Waals surface area contributed by atoms with E-state index in [4.69, 9.17) is 11.5 Å². The fourth-order valence-electron chi connectivity index (χ4n) is 8.23. The molecule has 1 fully saturated rings. The van der Waals surface area contributed by atoms with Crippen LogP contribution in [0.25, 0.3) is 0 Å². The Hall–Kier alpha value is -8.00. The standard InChI is InChI=1S/C52H75N11O15/c1-27(2)24-37(47(72)56-28(3)43(68)57-30(5)52(77)78)61-49(74)39-18-13-23-63(39)51(76)36(20-22-41(66)67)59-48(73)38(26-33-16-11-8-12-17-33)60-46(71)35(19-21-40(54)65)58-50(75)42(31(6)64)62-44(69)29(4)55-45(70)34(53)25-32-14-9-7-10-15-32/h7-12,14-17,27-31,34-39,42,64H,13,18-26,53H2,1-6H3,(H2,54,65)(H,55,70)(H,56,72)(H,57,68)(H,58,75)(H,59,73)(H,60,71)(H,61,74)(H,62,69)(H,66,67)(H,77,78)/t28-,29-,30-,31+,34-,35-,36-,37-,38-,39-,42-/m0/s1. The second-order valence-electron chi connectivity index (χ2n) is 19.7. The van der Waals surface area contributed by atoms with Crippen molar-refractivity contribution < 1.29 is 72.9 Å². The molecule has 0 aliphatic carbocycles. The molecule has 0 radical (unpaired) electrons. The molecule has 1 aliphatic rings. The van der Waals surface area contributed by atoms with Gasteiger partial charge in [0.15, 0.2) is 0 Å². The minimum atomic E-state index is -1.74. The van der Waals surface area contributed by atoms with Crippen LogP contribution in [0.3, 0.4) is 0 Å². The average Bonchev–Trinajstić information content (AvgIpc) is 3.88. The summed E-state index contributed by atoms with van der Waals surface area (Å²) in [5.41, 5.74) is 12.7. The van der Waals surface area contributed by atoms with Crippen LogP contribution in [-0.2, 0) is 70.4 Å². The van der Waals surface area contributed by atoms with Crippen molar-refractivity contribution in [3.8, 4) is 0 Å². The van der Waals surface area contributed by atoms with E-state index in [1.165, 1.54) is 27.7 Å². The van der Waals surface area contributed by atoms with E-state index in [0.717, 1.165) is 10.5 Å². The number of carboxylic acids is 2. The van der Waals surface area contributed by atoms with Crippen molar-refractivity contribution in [2.75, 3.05) is 6.54 Å². The van der Waals surface area contributed by atoms with Crippen molar-refractivity contribution in [2.24, 2.45) is 17.4 Å². The van der Waals surface area contributed by atoms with E-state index in [1.807, 2.05) is 0 Å². The third kappa shape index (κ3) is 21.2. The Morgan fingerprint density at radius 3 is 1.59 bits per heavy atom. The summed E-state index contributed by atoms with van der Waals surface area (Å²) in [4.78, 5) is 159. The molecule has 0 aromatic heterocycles. The fraction of sp³-hybridized carbons (Fsp3) is 0.538. The molecule has 78 heavy (non-hydrogen) atoms. The van der Waals surface area contributed by atoms with Gasteiger partial charge in [0.1, 0.15) is 54.4 Å². The molecule has 0 spiro atoms. The normalized spacial score (nSPS) is 16.9. The van der Waals surface area contributed by atoms with Gasteiger partial charge in [0.25, 0.3) is 0 Å². The molecule has 15 N–H and O–H groups in total. The molecule has 2 aromatic rings. The molecular formula is C52H75N11O15. The number of hydrogen-bond donors (Lipinski definition) is 13. The zero-order valence-corrected chi connectivity index (χ0v) is 44.6. The number of nitrogens with two attached hydrogens (primary N) is 2. The molecular weight excluding hydrogens is 1020 g/mol. The Balaban J connectivity index is 1.86. The van der Waals surface area contributed by atoms with Crippen molar-refractivity contribution in [3.63, 3.8) is 0 Å². The maximum atomic E-state index is 14.4. The number of carbonyl (C=O) groups excluding carboxylic acids is 10. The molecule has 1 heterocycles. The number of carbonyl (C=O) groups is 12. The quantitative estimate of drug-likeness (QED) is 0.0367. The molecule has 0 unspecified atom stereocenters. The first-order chi connectivity index (χ1) is 36.7. The number of aliphatic hydroxyl groups is 1. The van der Waals surface area contributed by atoms with Crippen molar-refractivity contribution in [3.05, 3.63) is 71.8 Å². The molecule has 428 valence electrons. The van der Waals surface area contributed by atoms with Crippen LogP contribution in [0, 0.1) is 5.92 Å². The highest BCUT2D eigenvalue weighted by Crippen LogP contribution is 2.21. The average molecular weight is 1090 g/mol. The third-order valence-electron chi connectivity index (χ3n) is 12.6. The van der Waals surface area contributed by atoms with Crippen molar-refractivity contribution in [1.29, 1.82) is 0 Å². The fourth-order valence-corrected chi connectivity index (χ4v) is 8.23. The first-order valence-electron chi connectivity index (χ1n) is 25.7. The minimum Gasteiger partial charge on any atom is -0.481 e. The molecule has 26 heteroatoms. The number of rotatable bonds is 31. The number of hydrogen-bond acceptors (Lipinski definition) is 14. The third-order valence-corrected chi connectivity index (χ3v) is 12.6. The van der Waals surface area contributed by atoms with Gasteiger partial charge < -0.3 is 74.2 Å². The molecule has 11 atom stereocenters. The van der Waals surface area contributed by atoms with Gasteiger partial charge in [-0.1, -0.05) is 74.5 Å². The Labute approximate surface area is 451 Å². The van der Waals surface area contributed by atoms with Crippen molar-refractivity contribution in [2.45, 2.75) is 166 Å². The van der Waals surface area contributed by atoms with Crippen LogP contribution in [0.15, 0.2) is 60.7 Å². The first kappa shape index (κ1) is 64.3.